The van der Waals surface area contributed by atoms with Crippen molar-refractivity contribution in [3.8, 4) is 22.6 Å². The lowest BCUT2D eigenvalue weighted by Gasteiger charge is -2.23. The molecule has 0 amide bonds. The van der Waals surface area contributed by atoms with Gasteiger partial charge in [-0.2, -0.15) is 0 Å². The van der Waals surface area contributed by atoms with E-state index in [0.717, 1.165) is 10.9 Å². The number of carbonyl (C=O) groups excluding carboxylic acids is 4. The highest BCUT2D eigenvalue weighted by atomic mass is 16.6. The number of ether oxygens (including phenoxy) is 4. The maximum atomic E-state index is 13.4. The molecule has 1 heterocycles. The zero-order valence-corrected chi connectivity index (χ0v) is 25.1. The van der Waals surface area contributed by atoms with E-state index >= 15 is 0 Å². The summed E-state index contributed by atoms with van der Waals surface area (Å²) in [7, 11) is 0. The van der Waals surface area contributed by atoms with Crippen molar-refractivity contribution in [3.05, 3.63) is 83.9 Å². The van der Waals surface area contributed by atoms with E-state index in [9.17, 15) is 19.2 Å². The Kier molecular flexibility index (Phi) is 10.7. The van der Waals surface area contributed by atoms with Crippen LogP contribution in [0.5, 0.6) is 0 Å². The SMILES string of the molecule is CCOC(=O)C(C(=O)OCC)c1cccc(C(C(=O)OCC)C(=O)OCC)c1-c1nc(-c2ccccc2)c2ccccc2n1. The number of carbonyl (C=O) groups is 4. The lowest BCUT2D eigenvalue weighted by atomic mass is 9.85. The molecule has 10 nitrogen and oxygen atoms in total. The lowest BCUT2D eigenvalue weighted by Crippen LogP contribution is -2.29. The Hall–Kier alpha value is -5.12. The summed E-state index contributed by atoms with van der Waals surface area (Å²) >= 11 is 0. The first-order valence-corrected chi connectivity index (χ1v) is 14.5. The van der Waals surface area contributed by atoms with Crippen molar-refractivity contribution in [1.82, 2.24) is 9.97 Å². The second kappa shape index (κ2) is 14.9. The molecule has 0 saturated carbocycles. The number of rotatable bonds is 12. The molecule has 3 aromatic carbocycles. The van der Waals surface area contributed by atoms with Gasteiger partial charge in [0.1, 0.15) is 0 Å². The van der Waals surface area contributed by atoms with Crippen LogP contribution in [0, 0.1) is 0 Å². The highest BCUT2D eigenvalue weighted by molar-refractivity contribution is 6.06. The number of esters is 4. The second-order valence-corrected chi connectivity index (χ2v) is 9.46. The highest BCUT2D eigenvalue weighted by Crippen LogP contribution is 2.39. The Bertz CT molecular complexity index is 1560. The third-order valence-electron chi connectivity index (χ3n) is 6.71. The van der Waals surface area contributed by atoms with Crippen molar-refractivity contribution < 1.29 is 38.1 Å². The largest absolute Gasteiger partial charge is 0.465 e. The normalized spacial score (nSPS) is 11.0. The van der Waals surface area contributed by atoms with Gasteiger partial charge in [0.25, 0.3) is 0 Å². The van der Waals surface area contributed by atoms with Crippen LogP contribution < -0.4 is 0 Å². The fourth-order valence-corrected chi connectivity index (χ4v) is 4.94. The van der Waals surface area contributed by atoms with Gasteiger partial charge in [-0.1, -0.05) is 66.7 Å². The van der Waals surface area contributed by atoms with Crippen LogP contribution >= 0.6 is 0 Å². The molecule has 0 fully saturated rings. The van der Waals surface area contributed by atoms with Crippen molar-refractivity contribution in [1.29, 1.82) is 0 Å². The van der Waals surface area contributed by atoms with Crippen molar-refractivity contribution in [3.63, 3.8) is 0 Å². The van der Waals surface area contributed by atoms with E-state index in [4.69, 9.17) is 28.9 Å². The molecule has 0 spiro atoms. The van der Waals surface area contributed by atoms with Crippen LogP contribution in [0.3, 0.4) is 0 Å². The fourth-order valence-electron chi connectivity index (χ4n) is 4.94. The minimum atomic E-state index is -1.56. The van der Waals surface area contributed by atoms with Crippen molar-refractivity contribution >= 4 is 34.8 Å². The molecule has 10 heteroatoms. The summed E-state index contributed by atoms with van der Waals surface area (Å²) in [6.45, 7) is 6.49. The van der Waals surface area contributed by atoms with Crippen molar-refractivity contribution in [2.45, 2.75) is 39.5 Å². The van der Waals surface area contributed by atoms with Crippen molar-refractivity contribution in [2.75, 3.05) is 26.4 Å². The number of nitrogens with zero attached hydrogens (tertiary/aromatic N) is 2. The highest BCUT2D eigenvalue weighted by Gasteiger charge is 2.40. The molecular formula is C34H34N2O8. The first-order chi connectivity index (χ1) is 21.4. The summed E-state index contributed by atoms with van der Waals surface area (Å²) in [5, 5.41) is 0.751. The Labute approximate surface area is 255 Å². The Morgan fingerprint density at radius 3 is 1.50 bits per heavy atom. The van der Waals surface area contributed by atoms with Gasteiger partial charge in [-0.05, 0) is 44.9 Å². The summed E-state index contributed by atoms with van der Waals surface area (Å²) in [4.78, 5) is 63.2. The number of aromatic nitrogens is 2. The molecule has 0 atom stereocenters. The smallest absolute Gasteiger partial charge is 0.324 e. The zero-order chi connectivity index (χ0) is 31.6. The Balaban J connectivity index is 2.13. The number of fused-ring (bicyclic) bond motifs is 1. The van der Waals surface area contributed by atoms with Gasteiger partial charge in [0, 0.05) is 16.5 Å². The van der Waals surface area contributed by atoms with E-state index < -0.39 is 35.7 Å². The lowest BCUT2D eigenvalue weighted by molar-refractivity contribution is -0.158. The van der Waals surface area contributed by atoms with Crippen LogP contribution in [0.15, 0.2) is 72.8 Å². The average Bonchev–Trinajstić information content (AvgIpc) is 3.02. The zero-order valence-electron chi connectivity index (χ0n) is 25.1. The molecule has 44 heavy (non-hydrogen) atoms. The van der Waals surface area contributed by atoms with E-state index in [1.165, 1.54) is 18.2 Å². The van der Waals surface area contributed by atoms with E-state index in [2.05, 4.69) is 0 Å². The Morgan fingerprint density at radius 1 is 0.568 bits per heavy atom. The molecular weight excluding hydrogens is 564 g/mol. The van der Waals surface area contributed by atoms with E-state index in [1.54, 1.807) is 33.8 Å². The average molecular weight is 599 g/mol. The number of benzene rings is 3. The molecule has 0 aliphatic rings. The van der Waals surface area contributed by atoms with Crippen LogP contribution in [0.2, 0.25) is 0 Å². The van der Waals surface area contributed by atoms with Gasteiger partial charge in [-0.3, -0.25) is 19.2 Å². The first kappa shape index (κ1) is 31.8. The maximum Gasteiger partial charge on any atom is 0.324 e. The van der Waals surface area contributed by atoms with Crippen LogP contribution in [-0.4, -0.2) is 60.3 Å². The fraction of sp³-hybridized carbons (Fsp3) is 0.294. The number of hydrogen-bond acceptors (Lipinski definition) is 10. The molecule has 4 aromatic rings. The standard InChI is InChI=1S/C34H34N2O8/c1-5-41-31(37)27(32(38)42-6-2)23-18-14-19-24(28(33(39)43-7-3)34(40)44-8-4)26(23)30-35-25-20-13-12-17-22(25)29(36-30)21-15-10-9-11-16-21/h9-20,27-28H,5-8H2,1-4H3. The predicted molar refractivity (Wildman–Crippen MR) is 162 cm³/mol. The molecule has 0 saturated heterocycles. The molecule has 0 unspecified atom stereocenters. The number of hydrogen-bond donors (Lipinski definition) is 0. The van der Waals surface area contributed by atoms with Crippen LogP contribution in [0.25, 0.3) is 33.5 Å². The summed E-state index contributed by atoms with van der Waals surface area (Å²) in [6, 6.07) is 21.4. The third kappa shape index (κ3) is 6.75. The monoisotopic (exact) mass is 598 g/mol. The van der Waals surface area contributed by atoms with Gasteiger partial charge < -0.3 is 18.9 Å². The Morgan fingerprint density at radius 2 is 1.02 bits per heavy atom. The summed E-state index contributed by atoms with van der Waals surface area (Å²) in [6.07, 6.45) is 0. The van der Waals surface area contributed by atoms with Gasteiger partial charge in [-0.25, -0.2) is 9.97 Å². The maximum absolute atomic E-state index is 13.4. The van der Waals surface area contributed by atoms with Crippen LogP contribution in [-0.2, 0) is 38.1 Å². The van der Waals surface area contributed by atoms with Crippen LogP contribution in [0.4, 0.5) is 0 Å². The number of para-hydroxylation sites is 1. The summed E-state index contributed by atoms with van der Waals surface area (Å²) in [5.74, 6) is -6.51. The van der Waals surface area contributed by atoms with E-state index in [-0.39, 0.29) is 48.9 Å². The molecule has 228 valence electrons. The molecule has 4 rings (SSSR count). The molecule has 0 N–H and O–H groups in total. The summed E-state index contributed by atoms with van der Waals surface area (Å²) < 4.78 is 21.2. The van der Waals surface area contributed by atoms with Gasteiger partial charge >= 0.3 is 23.9 Å². The van der Waals surface area contributed by atoms with Gasteiger partial charge in [0.2, 0.25) is 0 Å². The quantitative estimate of drug-likeness (QED) is 0.119. The van der Waals surface area contributed by atoms with E-state index in [0.29, 0.717) is 11.2 Å². The van der Waals surface area contributed by atoms with Crippen LogP contribution in [0.1, 0.15) is 50.7 Å². The molecule has 0 aliphatic heterocycles. The minimum absolute atomic E-state index is 0.00265. The topological polar surface area (TPSA) is 131 Å². The first-order valence-electron chi connectivity index (χ1n) is 14.5. The minimum Gasteiger partial charge on any atom is -0.465 e. The van der Waals surface area contributed by atoms with Gasteiger partial charge in [-0.15, -0.1) is 0 Å². The van der Waals surface area contributed by atoms with Gasteiger partial charge in [0.15, 0.2) is 17.7 Å². The molecule has 0 aliphatic carbocycles. The summed E-state index contributed by atoms with van der Waals surface area (Å²) in [5.41, 5.74) is 2.24. The predicted octanol–water partition coefficient (Wildman–Crippen LogP) is 5.38. The second-order valence-electron chi connectivity index (χ2n) is 9.46. The van der Waals surface area contributed by atoms with E-state index in [1.807, 2.05) is 48.5 Å². The van der Waals surface area contributed by atoms with Gasteiger partial charge in [0.05, 0.1) is 37.6 Å². The molecule has 1 aromatic heterocycles. The third-order valence-corrected chi connectivity index (χ3v) is 6.71. The molecule has 0 bridgehead atoms. The van der Waals surface area contributed by atoms with Crippen molar-refractivity contribution in [2.24, 2.45) is 0 Å². The molecule has 0 radical (unpaired) electrons.